The number of imidazole rings is 1. The minimum absolute atomic E-state index is 0.226. The maximum atomic E-state index is 11.5. The summed E-state index contributed by atoms with van der Waals surface area (Å²) in [7, 11) is 0. The molecule has 5 nitrogen and oxygen atoms in total. The first-order valence-electron chi connectivity index (χ1n) is 6.31. The highest BCUT2D eigenvalue weighted by atomic mass is 16.2. The van der Waals surface area contributed by atoms with Crippen LogP contribution in [0.5, 0.6) is 0 Å². The molecule has 0 aliphatic heterocycles. The minimum atomic E-state index is -0.226. The van der Waals surface area contributed by atoms with Gasteiger partial charge in [-0.3, -0.25) is 5.32 Å². The molecular weight excluding hydrogens is 240 g/mol. The van der Waals surface area contributed by atoms with Crippen molar-refractivity contribution in [2.75, 3.05) is 11.9 Å². The number of nitrogens with zero attached hydrogens (tertiary/aromatic N) is 2. The van der Waals surface area contributed by atoms with Gasteiger partial charge in [0.05, 0.1) is 12.0 Å². The van der Waals surface area contributed by atoms with E-state index in [0.717, 1.165) is 12.2 Å². The van der Waals surface area contributed by atoms with Crippen molar-refractivity contribution < 1.29 is 4.79 Å². The fraction of sp³-hybridized carbons (Fsp3) is 0.286. The molecule has 0 spiro atoms. The number of urea groups is 1. The third-order valence-corrected chi connectivity index (χ3v) is 2.86. The van der Waals surface area contributed by atoms with Crippen LogP contribution in [-0.2, 0) is 6.54 Å². The van der Waals surface area contributed by atoms with E-state index in [-0.39, 0.29) is 6.03 Å². The van der Waals surface area contributed by atoms with Gasteiger partial charge in [0.1, 0.15) is 0 Å². The number of amides is 2. The van der Waals surface area contributed by atoms with E-state index in [1.165, 1.54) is 5.56 Å². The van der Waals surface area contributed by atoms with E-state index in [4.69, 9.17) is 0 Å². The van der Waals surface area contributed by atoms with Gasteiger partial charge in [-0.25, -0.2) is 9.78 Å². The molecule has 2 aromatic rings. The average molecular weight is 258 g/mol. The highest BCUT2D eigenvalue weighted by molar-refractivity contribution is 5.88. The number of hydrogen-bond acceptors (Lipinski definition) is 2. The summed E-state index contributed by atoms with van der Waals surface area (Å²) in [6.07, 6.45) is 1.74. The normalized spacial score (nSPS) is 10.2. The van der Waals surface area contributed by atoms with Crippen molar-refractivity contribution in [2.45, 2.75) is 20.4 Å². The zero-order chi connectivity index (χ0) is 13.7. The number of hydrogen-bond donors (Lipinski definition) is 2. The lowest BCUT2D eigenvalue weighted by molar-refractivity contribution is 0.252. The second kappa shape index (κ2) is 6.04. The highest BCUT2D eigenvalue weighted by Gasteiger charge is 2.09. The molecule has 2 N–H and O–H groups in total. The molecule has 0 bridgehead atoms. The molecular formula is C14H18N4O. The van der Waals surface area contributed by atoms with Crippen LogP contribution in [0.15, 0.2) is 36.7 Å². The van der Waals surface area contributed by atoms with Crippen molar-refractivity contribution in [3.8, 4) is 0 Å². The summed E-state index contributed by atoms with van der Waals surface area (Å²) in [6, 6.07) is 9.92. The highest BCUT2D eigenvalue weighted by Crippen LogP contribution is 2.13. The maximum Gasteiger partial charge on any atom is 0.320 e. The summed E-state index contributed by atoms with van der Waals surface area (Å²) >= 11 is 0. The number of aromatic nitrogens is 2. The second-order valence-corrected chi connectivity index (χ2v) is 4.28. The van der Waals surface area contributed by atoms with Crippen molar-refractivity contribution in [1.29, 1.82) is 0 Å². The van der Waals surface area contributed by atoms with E-state index in [2.05, 4.69) is 27.8 Å². The Bertz CT molecular complexity index is 548. The molecule has 1 aromatic heterocycles. The molecule has 2 amide bonds. The molecule has 0 saturated heterocycles. The molecule has 2 rings (SSSR count). The number of carbonyl (C=O) groups excluding carboxylic acids is 1. The molecule has 5 heteroatoms. The number of benzene rings is 1. The number of nitrogens with one attached hydrogen (secondary N) is 2. The van der Waals surface area contributed by atoms with Crippen molar-refractivity contribution >= 4 is 11.8 Å². The van der Waals surface area contributed by atoms with Crippen LogP contribution >= 0.6 is 0 Å². The smallest absolute Gasteiger partial charge is 0.320 e. The predicted octanol–water partition coefficient (Wildman–Crippen LogP) is 2.38. The van der Waals surface area contributed by atoms with Crippen LogP contribution in [0.3, 0.4) is 0 Å². The fourth-order valence-electron chi connectivity index (χ4n) is 1.82. The third-order valence-electron chi connectivity index (χ3n) is 2.86. The third kappa shape index (κ3) is 3.34. The van der Waals surface area contributed by atoms with E-state index >= 15 is 0 Å². The van der Waals surface area contributed by atoms with Crippen LogP contribution in [0.25, 0.3) is 0 Å². The Kier molecular flexibility index (Phi) is 4.18. The average Bonchev–Trinajstić information content (AvgIpc) is 2.73. The molecule has 0 saturated carbocycles. The standard InChI is InChI=1S/C14H18N4O/c1-3-15-14(19)17-13-11(2)18(10-16-13)9-12-7-5-4-6-8-12/h4-8,10H,3,9H2,1-2H3,(H2,15,17,19). The molecule has 0 unspecified atom stereocenters. The lowest BCUT2D eigenvalue weighted by atomic mass is 10.2. The molecule has 19 heavy (non-hydrogen) atoms. The van der Waals surface area contributed by atoms with Crippen LogP contribution in [0, 0.1) is 6.92 Å². The van der Waals surface area contributed by atoms with Gasteiger partial charge >= 0.3 is 6.03 Å². The number of carbonyl (C=O) groups is 1. The van der Waals surface area contributed by atoms with E-state index in [1.54, 1.807) is 6.33 Å². The summed E-state index contributed by atoms with van der Waals surface area (Å²) in [5, 5.41) is 5.42. The summed E-state index contributed by atoms with van der Waals surface area (Å²) < 4.78 is 2.01. The molecule has 0 aliphatic rings. The first kappa shape index (κ1) is 13.1. The van der Waals surface area contributed by atoms with Gasteiger partial charge in [-0.05, 0) is 19.4 Å². The van der Waals surface area contributed by atoms with Crippen molar-refractivity contribution in [2.24, 2.45) is 0 Å². The molecule has 100 valence electrons. The largest absolute Gasteiger partial charge is 0.338 e. The Morgan fingerprint density at radius 1 is 1.32 bits per heavy atom. The second-order valence-electron chi connectivity index (χ2n) is 4.28. The van der Waals surface area contributed by atoms with E-state index in [0.29, 0.717) is 12.4 Å². The van der Waals surface area contributed by atoms with Crippen LogP contribution in [0.4, 0.5) is 10.6 Å². The molecule has 0 radical (unpaired) electrons. The van der Waals surface area contributed by atoms with Gasteiger partial charge in [-0.15, -0.1) is 0 Å². The van der Waals surface area contributed by atoms with Crippen LogP contribution in [-0.4, -0.2) is 22.1 Å². The zero-order valence-electron chi connectivity index (χ0n) is 11.2. The number of rotatable bonds is 4. The molecule has 0 atom stereocenters. The zero-order valence-corrected chi connectivity index (χ0v) is 11.2. The van der Waals surface area contributed by atoms with Gasteiger partial charge in [0.25, 0.3) is 0 Å². The predicted molar refractivity (Wildman–Crippen MR) is 75.2 cm³/mol. The van der Waals surface area contributed by atoms with Gasteiger partial charge in [-0.1, -0.05) is 30.3 Å². The van der Waals surface area contributed by atoms with Gasteiger partial charge in [0.15, 0.2) is 5.82 Å². The van der Waals surface area contributed by atoms with Crippen molar-refractivity contribution in [3.05, 3.63) is 47.9 Å². The van der Waals surface area contributed by atoms with Gasteiger partial charge in [0.2, 0.25) is 0 Å². The summed E-state index contributed by atoms with van der Waals surface area (Å²) in [6.45, 7) is 5.16. The van der Waals surface area contributed by atoms with E-state index < -0.39 is 0 Å². The number of anilines is 1. The van der Waals surface area contributed by atoms with Crippen LogP contribution in [0.2, 0.25) is 0 Å². The van der Waals surface area contributed by atoms with Crippen molar-refractivity contribution in [3.63, 3.8) is 0 Å². The van der Waals surface area contributed by atoms with Crippen LogP contribution < -0.4 is 10.6 Å². The Hall–Kier alpha value is -2.30. The first-order valence-corrected chi connectivity index (χ1v) is 6.31. The van der Waals surface area contributed by atoms with E-state index in [9.17, 15) is 4.79 Å². The van der Waals surface area contributed by atoms with Crippen LogP contribution in [0.1, 0.15) is 18.2 Å². The SMILES string of the molecule is CCNC(=O)Nc1ncn(Cc2ccccc2)c1C. The van der Waals surface area contributed by atoms with Gasteiger partial charge in [0, 0.05) is 13.1 Å². The Balaban J connectivity index is 2.08. The quantitative estimate of drug-likeness (QED) is 0.884. The molecule has 0 aliphatic carbocycles. The maximum absolute atomic E-state index is 11.5. The topological polar surface area (TPSA) is 59.0 Å². The lowest BCUT2D eigenvalue weighted by Gasteiger charge is -2.07. The van der Waals surface area contributed by atoms with E-state index in [1.807, 2.05) is 36.6 Å². The fourth-order valence-corrected chi connectivity index (χ4v) is 1.82. The van der Waals surface area contributed by atoms with Crippen molar-refractivity contribution in [1.82, 2.24) is 14.9 Å². The van der Waals surface area contributed by atoms with Gasteiger partial charge < -0.3 is 9.88 Å². The summed E-state index contributed by atoms with van der Waals surface area (Å²) in [5.41, 5.74) is 2.14. The molecule has 1 heterocycles. The lowest BCUT2D eigenvalue weighted by Crippen LogP contribution is -2.28. The minimum Gasteiger partial charge on any atom is -0.338 e. The molecule has 1 aromatic carbocycles. The molecule has 0 fully saturated rings. The first-order chi connectivity index (χ1) is 9.20. The Morgan fingerprint density at radius 3 is 2.74 bits per heavy atom. The van der Waals surface area contributed by atoms with Gasteiger partial charge in [-0.2, -0.15) is 0 Å². The summed E-state index contributed by atoms with van der Waals surface area (Å²) in [4.78, 5) is 15.7. The summed E-state index contributed by atoms with van der Waals surface area (Å²) in [5.74, 6) is 0.599. The Morgan fingerprint density at radius 2 is 2.05 bits per heavy atom. The monoisotopic (exact) mass is 258 g/mol. The Labute approximate surface area is 112 Å².